The molecule has 0 aliphatic heterocycles. The summed E-state index contributed by atoms with van der Waals surface area (Å²) in [4.78, 5) is 28.3. The second kappa shape index (κ2) is 6.51. The second-order valence-corrected chi connectivity index (χ2v) is 5.82. The van der Waals surface area contributed by atoms with Gasteiger partial charge in [0, 0.05) is 6.54 Å². The highest BCUT2D eigenvalue weighted by Crippen LogP contribution is 2.22. The summed E-state index contributed by atoms with van der Waals surface area (Å²) in [6.07, 6.45) is 0. The highest BCUT2D eigenvalue weighted by Gasteiger charge is 2.17. The van der Waals surface area contributed by atoms with E-state index in [0.717, 1.165) is 0 Å². The lowest BCUT2D eigenvalue weighted by atomic mass is 10.2. The first-order valence-electron chi connectivity index (χ1n) is 6.90. The van der Waals surface area contributed by atoms with E-state index >= 15 is 0 Å². The molecule has 0 spiro atoms. The lowest BCUT2D eigenvalue weighted by Crippen LogP contribution is -2.32. The molecule has 0 fully saturated rings. The Labute approximate surface area is 146 Å². The summed E-state index contributed by atoms with van der Waals surface area (Å²) in [5, 5.41) is 13.5. The molecule has 0 bridgehead atoms. The summed E-state index contributed by atoms with van der Waals surface area (Å²) in [5.41, 5.74) is 0.332. The van der Waals surface area contributed by atoms with E-state index in [2.05, 4.69) is 10.3 Å². The van der Waals surface area contributed by atoms with Crippen LogP contribution in [-0.2, 0) is 6.54 Å². The van der Waals surface area contributed by atoms with E-state index in [-0.39, 0.29) is 16.7 Å². The Morgan fingerprint density at radius 1 is 1.17 bits per heavy atom. The van der Waals surface area contributed by atoms with Gasteiger partial charge in [-0.05, 0) is 29.8 Å². The number of nitrogens with zero attached hydrogens (tertiary/aromatic N) is 2. The zero-order chi connectivity index (χ0) is 17.3. The molecule has 3 aromatic rings. The number of aromatic nitrogens is 2. The number of amides is 1. The van der Waals surface area contributed by atoms with Crippen LogP contribution < -0.4 is 10.9 Å². The first-order valence-corrected chi connectivity index (χ1v) is 7.66. The summed E-state index contributed by atoms with van der Waals surface area (Å²) in [5.74, 6) is -1.08. The van der Waals surface area contributed by atoms with E-state index in [1.54, 1.807) is 36.4 Å². The van der Waals surface area contributed by atoms with E-state index in [0.29, 0.717) is 21.1 Å². The van der Waals surface area contributed by atoms with E-state index in [4.69, 9.17) is 23.2 Å². The first-order chi connectivity index (χ1) is 11.5. The van der Waals surface area contributed by atoms with Gasteiger partial charge in [-0.3, -0.25) is 9.59 Å². The number of rotatable bonds is 3. The summed E-state index contributed by atoms with van der Waals surface area (Å²) >= 11 is 11.7. The minimum atomic E-state index is -0.708. The normalized spacial score (nSPS) is 10.8. The van der Waals surface area contributed by atoms with Gasteiger partial charge in [-0.25, -0.2) is 4.98 Å². The van der Waals surface area contributed by atoms with Gasteiger partial charge in [-0.15, -0.1) is 4.73 Å². The van der Waals surface area contributed by atoms with E-state index in [1.165, 1.54) is 6.07 Å². The van der Waals surface area contributed by atoms with Crippen LogP contribution in [-0.4, -0.2) is 20.8 Å². The number of para-hydroxylation sites is 1. The Balaban J connectivity index is 1.87. The number of benzene rings is 2. The van der Waals surface area contributed by atoms with Crippen molar-refractivity contribution in [2.24, 2.45) is 0 Å². The quantitative estimate of drug-likeness (QED) is 0.700. The molecule has 6 nitrogen and oxygen atoms in total. The molecule has 2 N–H and O–H groups in total. The molecule has 0 aliphatic rings. The Bertz CT molecular complexity index is 1000. The van der Waals surface area contributed by atoms with Crippen LogP contribution in [0.5, 0.6) is 0 Å². The third kappa shape index (κ3) is 3.06. The Hall–Kier alpha value is -2.57. The van der Waals surface area contributed by atoms with Crippen LogP contribution in [0.4, 0.5) is 0 Å². The molecular formula is C16H11Cl2N3O3. The van der Waals surface area contributed by atoms with Crippen molar-refractivity contribution >= 4 is 40.0 Å². The van der Waals surface area contributed by atoms with Gasteiger partial charge in [0.25, 0.3) is 11.5 Å². The van der Waals surface area contributed by atoms with Gasteiger partial charge in [0.15, 0.2) is 0 Å². The zero-order valence-corrected chi connectivity index (χ0v) is 13.7. The minimum absolute atomic E-state index is 0.137. The van der Waals surface area contributed by atoms with Gasteiger partial charge >= 0.3 is 0 Å². The van der Waals surface area contributed by atoms with Crippen molar-refractivity contribution in [2.45, 2.75) is 6.54 Å². The topological polar surface area (TPSA) is 84.2 Å². The minimum Gasteiger partial charge on any atom is -0.423 e. The van der Waals surface area contributed by atoms with Crippen molar-refractivity contribution in [1.82, 2.24) is 15.0 Å². The van der Waals surface area contributed by atoms with Gasteiger partial charge < -0.3 is 10.5 Å². The van der Waals surface area contributed by atoms with Gasteiger partial charge in [0.05, 0.1) is 20.9 Å². The Morgan fingerprint density at radius 2 is 1.92 bits per heavy atom. The fraction of sp³-hybridized carbons (Fsp3) is 0.0625. The van der Waals surface area contributed by atoms with Crippen LogP contribution in [0.3, 0.4) is 0 Å². The Kier molecular flexibility index (Phi) is 4.42. The van der Waals surface area contributed by atoms with Crippen molar-refractivity contribution in [3.05, 3.63) is 74.3 Å². The number of hydrogen-bond acceptors (Lipinski definition) is 4. The molecule has 2 aromatic carbocycles. The summed E-state index contributed by atoms with van der Waals surface area (Å²) in [7, 11) is 0. The Morgan fingerprint density at radius 3 is 2.67 bits per heavy atom. The smallest absolute Gasteiger partial charge is 0.294 e. The summed E-state index contributed by atoms with van der Waals surface area (Å²) in [6, 6.07) is 11.4. The second-order valence-electron chi connectivity index (χ2n) is 5.00. The molecule has 0 saturated heterocycles. The molecule has 24 heavy (non-hydrogen) atoms. The molecule has 1 heterocycles. The molecule has 1 amide bonds. The third-order valence-electron chi connectivity index (χ3n) is 3.39. The largest absolute Gasteiger partial charge is 0.423 e. The van der Waals surface area contributed by atoms with Crippen LogP contribution >= 0.6 is 23.2 Å². The molecule has 3 rings (SSSR count). The number of nitrogens with one attached hydrogen (secondary N) is 1. The molecule has 0 unspecified atom stereocenters. The number of halogens is 2. The predicted octanol–water partition coefficient (Wildman–Crippen LogP) is 2.87. The van der Waals surface area contributed by atoms with Crippen LogP contribution in [0.2, 0.25) is 10.0 Å². The molecule has 0 radical (unpaired) electrons. The molecular weight excluding hydrogens is 353 g/mol. The molecule has 8 heteroatoms. The van der Waals surface area contributed by atoms with Crippen LogP contribution in [0.15, 0.2) is 47.3 Å². The first kappa shape index (κ1) is 16.3. The van der Waals surface area contributed by atoms with Crippen molar-refractivity contribution in [2.75, 3.05) is 0 Å². The van der Waals surface area contributed by atoms with Crippen LogP contribution in [0.25, 0.3) is 10.9 Å². The average molecular weight is 364 g/mol. The van der Waals surface area contributed by atoms with Crippen LogP contribution in [0, 0.1) is 0 Å². The number of hydrogen-bond donors (Lipinski definition) is 2. The van der Waals surface area contributed by atoms with Gasteiger partial charge in [0.1, 0.15) is 0 Å². The molecule has 0 saturated carbocycles. The molecule has 0 aliphatic carbocycles. The predicted molar refractivity (Wildman–Crippen MR) is 90.8 cm³/mol. The zero-order valence-electron chi connectivity index (χ0n) is 12.2. The molecule has 122 valence electrons. The molecule has 1 aromatic heterocycles. The number of carbonyl (C=O) groups is 1. The number of fused-ring (bicyclic) bond motifs is 1. The van der Waals surface area contributed by atoms with Crippen molar-refractivity contribution in [1.29, 1.82) is 0 Å². The highest BCUT2D eigenvalue weighted by atomic mass is 35.5. The fourth-order valence-corrected chi connectivity index (χ4v) is 2.50. The average Bonchev–Trinajstić information content (AvgIpc) is 2.59. The molecule has 0 atom stereocenters. The summed E-state index contributed by atoms with van der Waals surface area (Å²) < 4.78 is 0.243. The van der Waals surface area contributed by atoms with Crippen molar-refractivity contribution < 1.29 is 10.0 Å². The van der Waals surface area contributed by atoms with Gasteiger partial charge in [0.2, 0.25) is 5.82 Å². The summed E-state index contributed by atoms with van der Waals surface area (Å²) in [6.45, 7) is 0.137. The van der Waals surface area contributed by atoms with Gasteiger partial charge in [-0.2, -0.15) is 0 Å². The van der Waals surface area contributed by atoms with E-state index < -0.39 is 17.3 Å². The van der Waals surface area contributed by atoms with Gasteiger partial charge in [-0.1, -0.05) is 41.4 Å². The lowest BCUT2D eigenvalue weighted by Gasteiger charge is -2.09. The monoisotopic (exact) mass is 363 g/mol. The lowest BCUT2D eigenvalue weighted by molar-refractivity contribution is 0.0878. The standard InChI is InChI=1S/C16H11Cl2N3O3/c17-11-6-5-9(7-12(11)18)8-19-15(22)14-20-13-4-2-1-3-10(13)16(23)21(14)24/h1-7,24H,8H2,(H,19,22). The number of carbonyl (C=O) groups excluding carboxylic acids is 1. The fourth-order valence-electron chi connectivity index (χ4n) is 2.18. The van der Waals surface area contributed by atoms with E-state index in [9.17, 15) is 14.8 Å². The SMILES string of the molecule is O=C(NCc1ccc(Cl)c(Cl)c1)c1nc2ccccc2c(=O)n1O. The van der Waals surface area contributed by atoms with Crippen LogP contribution in [0.1, 0.15) is 16.2 Å². The van der Waals surface area contributed by atoms with Crippen molar-refractivity contribution in [3.63, 3.8) is 0 Å². The maximum absolute atomic E-state index is 12.2. The maximum atomic E-state index is 12.2. The third-order valence-corrected chi connectivity index (χ3v) is 4.13. The van der Waals surface area contributed by atoms with E-state index in [1.807, 2.05) is 0 Å². The van der Waals surface area contributed by atoms with Crippen molar-refractivity contribution in [3.8, 4) is 0 Å². The highest BCUT2D eigenvalue weighted by molar-refractivity contribution is 6.42. The maximum Gasteiger partial charge on any atom is 0.294 e.